The molecule has 1 aliphatic heterocycles. The fraction of sp³-hybridized carbons (Fsp3) is 0.562. The summed E-state index contributed by atoms with van der Waals surface area (Å²) >= 11 is 0. The number of carbonyl (C=O) groups is 1. The first-order valence-corrected chi connectivity index (χ1v) is 9.38. The Morgan fingerprint density at radius 1 is 1.35 bits per heavy atom. The third-order valence-corrected chi connectivity index (χ3v) is 6.10. The van der Waals surface area contributed by atoms with Gasteiger partial charge in [0.15, 0.2) is 0 Å². The highest BCUT2D eigenvalue weighted by molar-refractivity contribution is 7.89. The summed E-state index contributed by atoms with van der Waals surface area (Å²) in [5.74, 6) is -0.751. The van der Waals surface area contributed by atoms with Crippen LogP contribution in [-0.2, 0) is 14.8 Å². The van der Waals surface area contributed by atoms with Crippen LogP contribution in [-0.4, -0.2) is 37.3 Å². The SMILES string of the molecule is CC[C@@H](C)NC(=O)[C@@H]1CCCCN1S(=O)(=O)c1ccc(F)cc1. The van der Waals surface area contributed by atoms with Crippen molar-refractivity contribution in [1.29, 1.82) is 0 Å². The molecule has 23 heavy (non-hydrogen) atoms. The van der Waals surface area contributed by atoms with Gasteiger partial charge < -0.3 is 5.32 Å². The number of benzene rings is 1. The maximum Gasteiger partial charge on any atom is 0.243 e. The highest BCUT2D eigenvalue weighted by atomic mass is 32.2. The lowest BCUT2D eigenvalue weighted by Gasteiger charge is -2.34. The Bertz CT molecular complexity index is 646. The second-order valence-electron chi connectivity index (χ2n) is 5.90. The Kier molecular flexibility index (Phi) is 5.75. The smallest absolute Gasteiger partial charge is 0.243 e. The molecule has 1 heterocycles. The molecule has 0 radical (unpaired) electrons. The van der Waals surface area contributed by atoms with E-state index in [0.29, 0.717) is 19.4 Å². The van der Waals surface area contributed by atoms with Crippen molar-refractivity contribution in [2.24, 2.45) is 0 Å². The summed E-state index contributed by atoms with van der Waals surface area (Å²) in [6.45, 7) is 4.15. The highest BCUT2D eigenvalue weighted by Crippen LogP contribution is 2.25. The molecular weight excluding hydrogens is 319 g/mol. The predicted octanol–water partition coefficient (Wildman–Crippen LogP) is 2.28. The number of hydrogen-bond acceptors (Lipinski definition) is 3. The predicted molar refractivity (Wildman–Crippen MR) is 85.8 cm³/mol. The van der Waals surface area contributed by atoms with Gasteiger partial charge >= 0.3 is 0 Å². The van der Waals surface area contributed by atoms with Crippen molar-refractivity contribution in [3.8, 4) is 0 Å². The fourth-order valence-corrected chi connectivity index (χ4v) is 4.29. The van der Waals surface area contributed by atoms with Gasteiger partial charge in [-0.25, -0.2) is 12.8 Å². The quantitative estimate of drug-likeness (QED) is 0.893. The summed E-state index contributed by atoms with van der Waals surface area (Å²) in [7, 11) is -3.81. The van der Waals surface area contributed by atoms with Crippen molar-refractivity contribution in [3.05, 3.63) is 30.1 Å². The number of halogens is 1. The Labute approximate surface area is 136 Å². The van der Waals surface area contributed by atoms with E-state index in [0.717, 1.165) is 25.0 Å². The van der Waals surface area contributed by atoms with Gasteiger partial charge in [0.25, 0.3) is 0 Å². The molecule has 2 atom stereocenters. The van der Waals surface area contributed by atoms with Gasteiger partial charge in [-0.15, -0.1) is 0 Å². The minimum atomic E-state index is -3.81. The number of rotatable bonds is 5. The molecule has 5 nitrogen and oxygen atoms in total. The van der Waals surface area contributed by atoms with Gasteiger partial charge in [-0.2, -0.15) is 4.31 Å². The average Bonchev–Trinajstić information content (AvgIpc) is 2.55. The van der Waals surface area contributed by atoms with E-state index < -0.39 is 21.9 Å². The van der Waals surface area contributed by atoms with Crippen LogP contribution >= 0.6 is 0 Å². The maximum absolute atomic E-state index is 13.0. The van der Waals surface area contributed by atoms with E-state index in [1.807, 2.05) is 13.8 Å². The standard InChI is InChI=1S/C16H23FN2O3S/c1-3-12(2)18-16(20)15-6-4-5-11-19(15)23(21,22)14-9-7-13(17)8-10-14/h7-10,12,15H,3-6,11H2,1-2H3,(H,18,20)/t12-,15+/m1/s1. The molecule has 1 aromatic rings. The summed E-state index contributed by atoms with van der Waals surface area (Å²) in [6.07, 6.45) is 2.81. The van der Waals surface area contributed by atoms with Crippen LogP contribution in [0.3, 0.4) is 0 Å². The second kappa shape index (κ2) is 7.40. The first-order chi connectivity index (χ1) is 10.9. The molecular formula is C16H23FN2O3S. The summed E-state index contributed by atoms with van der Waals surface area (Å²) in [5, 5.41) is 2.86. The average molecular weight is 342 g/mol. The molecule has 1 aromatic carbocycles. The van der Waals surface area contributed by atoms with E-state index in [9.17, 15) is 17.6 Å². The van der Waals surface area contributed by atoms with E-state index in [1.165, 1.54) is 16.4 Å². The van der Waals surface area contributed by atoms with Crippen molar-refractivity contribution in [1.82, 2.24) is 9.62 Å². The summed E-state index contributed by atoms with van der Waals surface area (Å²) in [4.78, 5) is 12.4. The Morgan fingerprint density at radius 3 is 2.61 bits per heavy atom. The van der Waals surface area contributed by atoms with Crippen LogP contribution in [0.1, 0.15) is 39.5 Å². The van der Waals surface area contributed by atoms with Crippen LogP contribution in [0.4, 0.5) is 4.39 Å². The topological polar surface area (TPSA) is 66.5 Å². The minimum absolute atomic E-state index is 0.000184. The molecule has 1 saturated heterocycles. The number of hydrogen-bond donors (Lipinski definition) is 1. The molecule has 0 spiro atoms. The van der Waals surface area contributed by atoms with Crippen LogP contribution in [0.15, 0.2) is 29.2 Å². The Balaban J connectivity index is 2.26. The zero-order valence-corrected chi connectivity index (χ0v) is 14.3. The largest absolute Gasteiger partial charge is 0.352 e. The van der Waals surface area contributed by atoms with Crippen molar-refractivity contribution in [2.75, 3.05) is 6.54 Å². The monoisotopic (exact) mass is 342 g/mol. The molecule has 7 heteroatoms. The van der Waals surface area contributed by atoms with Crippen molar-refractivity contribution in [2.45, 2.75) is 56.5 Å². The van der Waals surface area contributed by atoms with Gasteiger partial charge in [0, 0.05) is 12.6 Å². The molecule has 0 bridgehead atoms. The molecule has 1 aliphatic rings. The van der Waals surface area contributed by atoms with Crippen LogP contribution in [0.5, 0.6) is 0 Å². The lowest BCUT2D eigenvalue weighted by Crippen LogP contribution is -2.53. The van der Waals surface area contributed by atoms with Gasteiger partial charge in [0.05, 0.1) is 4.90 Å². The van der Waals surface area contributed by atoms with Crippen LogP contribution in [0.2, 0.25) is 0 Å². The number of nitrogens with zero attached hydrogens (tertiary/aromatic N) is 1. The normalized spacial score (nSPS) is 20.9. The molecule has 1 fully saturated rings. The Hall–Kier alpha value is -1.47. The fourth-order valence-electron chi connectivity index (χ4n) is 2.64. The van der Waals surface area contributed by atoms with E-state index in [1.54, 1.807) is 0 Å². The third kappa shape index (κ3) is 4.09. The van der Waals surface area contributed by atoms with E-state index in [2.05, 4.69) is 5.32 Å². The third-order valence-electron chi connectivity index (χ3n) is 4.18. The molecule has 1 amide bonds. The summed E-state index contributed by atoms with van der Waals surface area (Å²) in [6, 6.07) is 4.01. The van der Waals surface area contributed by atoms with Crippen molar-refractivity contribution < 1.29 is 17.6 Å². The van der Waals surface area contributed by atoms with Crippen LogP contribution in [0, 0.1) is 5.82 Å². The molecule has 0 aliphatic carbocycles. The van der Waals surface area contributed by atoms with Gasteiger partial charge in [-0.3, -0.25) is 4.79 Å². The lowest BCUT2D eigenvalue weighted by atomic mass is 10.0. The lowest BCUT2D eigenvalue weighted by molar-refractivity contribution is -0.126. The minimum Gasteiger partial charge on any atom is -0.352 e. The molecule has 0 saturated carbocycles. The van der Waals surface area contributed by atoms with E-state index >= 15 is 0 Å². The molecule has 0 unspecified atom stereocenters. The van der Waals surface area contributed by atoms with Gasteiger partial charge in [0.1, 0.15) is 11.9 Å². The summed E-state index contributed by atoms with van der Waals surface area (Å²) < 4.78 is 39.9. The number of nitrogens with one attached hydrogen (secondary N) is 1. The van der Waals surface area contributed by atoms with Crippen molar-refractivity contribution >= 4 is 15.9 Å². The molecule has 1 N–H and O–H groups in total. The Morgan fingerprint density at radius 2 is 2.00 bits per heavy atom. The second-order valence-corrected chi connectivity index (χ2v) is 7.79. The first-order valence-electron chi connectivity index (χ1n) is 7.94. The zero-order valence-electron chi connectivity index (χ0n) is 13.5. The van der Waals surface area contributed by atoms with E-state index in [4.69, 9.17) is 0 Å². The number of amides is 1. The highest BCUT2D eigenvalue weighted by Gasteiger charge is 2.37. The summed E-state index contributed by atoms with van der Waals surface area (Å²) in [5.41, 5.74) is 0. The van der Waals surface area contributed by atoms with Crippen LogP contribution in [0.25, 0.3) is 0 Å². The zero-order chi connectivity index (χ0) is 17.0. The number of carbonyl (C=O) groups excluding carboxylic acids is 1. The van der Waals surface area contributed by atoms with Crippen molar-refractivity contribution in [3.63, 3.8) is 0 Å². The van der Waals surface area contributed by atoms with Gasteiger partial charge in [-0.05, 0) is 50.5 Å². The number of sulfonamides is 1. The van der Waals surface area contributed by atoms with Crippen LogP contribution < -0.4 is 5.32 Å². The molecule has 128 valence electrons. The number of piperidine rings is 1. The first kappa shape index (κ1) is 17.9. The molecule has 0 aromatic heterocycles. The van der Waals surface area contributed by atoms with Gasteiger partial charge in [0.2, 0.25) is 15.9 Å². The molecule has 2 rings (SSSR count). The van der Waals surface area contributed by atoms with Gasteiger partial charge in [-0.1, -0.05) is 13.3 Å². The maximum atomic E-state index is 13.0. The van der Waals surface area contributed by atoms with E-state index in [-0.39, 0.29) is 16.8 Å².